The fraction of sp³-hybridized carbons (Fsp3) is 0.600. The molecule has 2 rings (SSSR count). The molecule has 0 bridgehead atoms. The summed E-state index contributed by atoms with van der Waals surface area (Å²) in [6, 6.07) is -0.572. The van der Waals surface area contributed by atoms with Gasteiger partial charge >= 0.3 is 11.7 Å². The number of carbonyl (C=O) groups excluding carboxylic acids is 1. The number of carbonyl (C=O) groups is 1. The van der Waals surface area contributed by atoms with Crippen molar-refractivity contribution >= 4 is 17.2 Å². The second-order valence-corrected chi connectivity index (χ2v) is 5.93. The van der Waals surface area contributed by atoms with Crippen molar-refractivity contribution in [3.8, 4) is 0 Å². The van der Waals surface area contributed by atoms with E-state index in [-0.39, 0.29) is 35.6 Å². The van der Waals surface area contributed by atoms with Gasteiger partial charge in [0, 0.05) is 17.7 Å². The summed E-state index contributed by atoms with van der Waals surface area (Å²) in [5, 5.41) is 17.9. The lowest BCUT2D eigenvalue weighted by atomic mass is 9.85. The largest absolute Gasteiger partial charge is 0.464 e. The minimum absolute atomic E-state index is 0.109. The number of rotatable bonds is 6. The molecule has 1 aromatic rings. The zero-order valence-electron chi connectivity index (χ0n) is 13.7. The molecule has 1 N–H and O–H groups in total. The Morgan fingerprint density at radius 2 is 2.26 bits per heavy atom. The molecule has 126 valence electrons. The van der Waals surface area contributed by atoms with E-state index in [2.05, 4.69) is 10.5 Å². The van der Waals surface area contributed by atoms with E-state index in [1.807, 2.05) is 13.8 Å². The molecule has 0 aliphatic carbocycles. The number of esters is 1. The van der Waals surface area contributed by atoms with E-state index in [4.69, 9.17) is 9.26 Å². The highest BCUT2D eigenvalue weighted by Crippen LogP contribution is 2.40. The van der Waals surface area contributed by atoms with Crippen LogP contribution >= 0.6 is 0 Å². The number of nitro groups is 1. The number of hydrogen-bond acceptors (Lipinski definition) is 7. The van der Waals surface area contributed by atoms with Crippen molar-refractivity contribution in [1.29, 1.82) is 0 Å². The van der Waals surface area contributed by atoms with Crippen LogP contribution in [0.1, 0.15) is 38.6 Å². The van der Waals surface area contributed by atoms with Crippen LogP contribution in [0.2, 0.25) is 0 Å². The maximum Gasteiger partial charge on any atom is 0.339 e. The van der Waals surface area contributed by atoms with E-state index in [1.54, 1.807) is 13.1 Å². The van der Waals surface area contributed by atoms with Crippen LogP contribution in [0.3, 0.4) is 0 Å². The summed E-state index contributed by atoms with van der Waals surface area (Å²) in [4.78, 5) is 22.9. The maximum atomic E-state index is 12.1. The lowest BCUT2D eigenvalue weighted by Gasteiger charge is -2.21. The molecule has 0 radical (unpaired) electrons. The molecule has 0 amide bonds. The van der Waals surface area contributed by atoms with E-state index in [9.17, 15) is 14.9 Å². The molecule has 0 spiro atoms. The minimum atomic E-state index is -0.572. The van der Waals surface area contributed by atoms with Gasteiger partial charge in [-0.25, -0.2) is 4.79 Å². The van der Waals surface area contributed by atoms with E-state index in [1.165, 1.54) is 6.92 Å². The molecule has 8 heteroatoms. The fourth-order valence-corrected chi connectivity index (χ4v) is 2.82. The summed E-state index contributed by atoms with van der Waals surface area (Å²) in [6.07, 6.45) is 2.26. The fourth-order valence-electron chi connectivity index (χ4n) is 2.82. The number of nitrogens with zero attached hydrogens (tertiary/aromatic N) is 2. The molecule has 0 saturated carbocycles. The van der Waals surface area contributed by atoms with Gasteiger partial charge in [-0.15, -0.1) is 0 Å². The van der Waals surface area contributed by atoms with E-state index < -0.39 is 11.0 Å². The quantitative estimate of drug-likeness (QED) is 0.486. The molecular weight excluding hydrogens is 302 g/mol. The van der Waals surface area contributed by atoms with Gasteiger partial charge in [0.2, 0.25) is 5.76 Å². The highest BCUT2D eigenvalue weighted by molar-refractivity contribution is 5.84. The van der Waals surface area contributed by atoms with Crippen LogP contribution in [0.25, 0.3) is 5.57 Å². The second kappa shape index (κ2) is 6.80. The van der Waals surface area contributed by atoms with Crippen molar-refractivity contribution in [3.63, 3.8) is 0 Å². The van der Waals surface area contributed by atoms with Gasteiger partial charge in [-0.05, 0) is 26.2 Å². The first-order valence-corrected chi connectivity index (χ1v) is 7.60. The molecule has 2 heterocycles. The number of aryl methyl sites for hydroxylation is 1. The molecule has 0 aromatic carbocycles. The van der Waals surface area contributed by atoms with Gasteiger partial charge in [-0.3, -0.25) is 10.1 Å². The lowest BCUT2D eigenvalue weighted by Crippen LogP contribution is -2.38. The Balaban J connectivity index is 2.37. The summed E-state index contributed by atoms with van der Waals surface area (Å²) in [7, 11) is 0. The molecule has 8 nitrogen and oxygen atoms in total. The van der Waals surface area contributed by atoms with Gasteiger partial charge in [0.15, 0.2) is 5.69 Å². The predicted molar refractivity (Wildman–Crippen MR) is 82.4 cm³/mol. The van der Waals surface area contributed by atoms with Crippen LogP contribution in [0.15, 0.2) is 10.7 Å². The predicted octanol–water partition coefficient (Wildman–Crippen LogP) is 2.43. The van der Waals surface area contributed by atoms with Gasteiger partial charge in [0.25, 0.3) is 0 Å². The average molecular weight is 323 g/mol. The smallest absolute Gasteiger partial charge is 0.339 e. The zero-order chi connectivity index (χ0) is 17.1. The Kier molecular flexibility index (Phi) is 5.02. The molecule has 1 aromatic heterocycles. The Bertz CT molecular complexity index is 635. The van der Waals surface area contributed by atoms with Crippen LogP contribution in [0.4, 0.5) is 5.69 Å². The first kappa shape index (κ1) is 17.0. The molecule has 2 atom stereocenters. The molecule has 0 saturated heterocycles. The summed E-state index contributed by atoms with van der Waals surface area (Å²) in [6.45, 7) is 7.59. The number of ether oxygens (including phenoxy) is 1. The van der Waals surface area contributed by atoms with Gasteiger partial charge in [-0.2, -0.15) is 0 Å². The lowest BCUT2D eigenvalue weighted by molar-refractivity contribution is -0.386. The summed E-state index contributed by atoms with van der Waals surface area (Å²) in [5.74, 6) is -0.232. The Labute approximate surface area is 134 Å². The minimum Gasteiger partial charge on any atom is -0.464 e. The van der Waals surface area contributed by atoms with Gasteiger partial charge in [-0.1, -0.05) is 19.0 Å². The summed E-state index contributed by atoms with van der Waals surface area (Å²) in [5.41, 5.74) is 0.647. The van der Waals surface area contributed by atoms with Crippen molar-refractivity contribution in [2.24, 2.45) is 11.8 Å². The molecule has 1 aliphatic rings. The average Bonchev–Trinajstić information content (AvgIpc) is 3.02. The van der Waals surface area contributed by atoms with E-state index in [0.717, 1.165) is 0 Å². The van der Waals surface area contributed by atoms with Crippen molar-refractivity contribution in [2.75, 3.05) is 6.61 Å². The maximum absolute atomic E-state index is 12.1. The summed E-state index contributed by atoms with van der Waals surface area (Å²) < 4.78 is 10.3. The third kappa shape index (κ3) is 3.35. The van der Waals surface area contributed by atoms with Gasteiger partial charge < -0.3 is 14.6 Å². The van der Waals surface area contributed by atoms with Crippen molar-refractivity contribution < 1.29 is 19.0 Å². The normalized spacial score (nSPS) is 20.3. The van der Waals surface area contributed by atoms with Crippen molar-refractivity contribution in [2.45, 2.75) is 40.2 Å². The third-order valence-corrected chi connectivity index (χ3v) is 3.76. The SMILES string of the molecule is CCOC(=O)[C@H]1NC=C(c2onc(C)c2[N+](=O)[O-])[C@@H]1CC(C)C. The van der Waals surface area contributed by atoms with Crippen LogP contribution in [-0.2, 0) is 9.53 Å². The zero-order valence-corrected chi connectivity index (χ0v) is 13.7. The number of hydrogen-bond donors (Lipinski definition) is 1. The molecular formula is C15H21N3O5. The molecule has 1 aliphatic heterocycles. The standard InChI is InChI=1S/C15H21N3O5/c1-5-22-15(19)12-10(6-8(2)3)11(7-16-12)14-13(18(20)21)9(4)17-23-14/h7-8,10,12,16H,5-6H2,1-4H3/t10-,12-/m0/s1. The summed E-state index contributed by atoms with van der Waals surface area (Å²) >= 11 is 0. The van der Waals surface area contributed by atoms with Crippen LogP contribution in [0, 0.1) is 28.9 Å². The van der Waals surface area contributed by atoms with E-state index >= 15 is 0 Å². The van der Waals surface area contributed by atoms with Gasteiger partial charge in [0.1, 0.15) is 6.04 Å². The highest BCUT2D eigenvalue weighted by Gasteiger charge is 2.41. The van der Waals surface area contributed by atoms with Crippen LogP contribution in [-0.4, -0.2) is 28.7 Å². The van der Waals surface area contributed by atoms with Gasteiger partial charge in [0.05, 0.1) is 11.5 Å². The third-order valence-electron chi connectivity index (χ3n) is 3.76. The highest BCUT2D eigenvalue weighted by atomic mass is 16.6. The molecule has 23 heavy (non-hydrogen) atoms. The Hall–Kier alpha value is -2.38. The second-order valence-electron chi connectivity index (χ2n) is 5.93. The Morgan fingerprint density at radius 1 is 1.57 bits per heavy atom. The van der Waals surface area contributed by atoms with E-state index in [0.29, 0.717) is 17.9 Å². The molecule has 0 fully saturated rings. The molecule has 0 unspecified atom stereocenters. The number of aromatic nitrogens is 1. The topological polar surface area (TPSA) is 108 Å². The van der Waals surface area contributed by atoms with Crippen LogP contribution in [0.5, 0.6) is 0 Å². The first-order valence-electron chi connectivity index (χ1n) is 7.60. The Morgan fingerprint density at radius 3 is 2.83 bits per heavy atom. The van der Waals surface area contributed by atoms with Crippen molar-refractivity contribution in [1.82, 2.24) is 10.5 Å². The monoisotopic (exact) mass is 323 g/mol. The van der Waals surface area contributed by atoms with Crippen LogP contribution < -0.4 is 5.32 Å². The first-order chi connectivity index (χ1) is 10.9. The van der Waals surface area contributed by atoms with Crippen molar-refractivity contribution in [3.05, 3.63) is 27.8 Å². The number of nitrogens with one attached hydrogen (secondary N) is 1.